The van der Waals surface area contributed by atoms with Gasteiger partial charge in [-0.1, -0.05) is 18.2 Å². The van der Waals surface area contributed by atoms with Crippen molar-refractivity contribution in [3.63, 3.8) is 0 Å². The number of aryl methyl sites for hydroxylation is 1. The maximum absolute atomic E-state index is 4.99. The molecule has 0 heterocycles. The Morgan fingerprint density at radius 2 is 2.00 bits per heavy atom. The normalized spacial score (nSPS) is 9.64. The summed E-state index contributed by atoms with van der Waals surface area (Å²) >= 11 is 0. The summed E-state index contributed by atoms with van der Waals surface area (Å²) in [4.78, 5) is 9.79. The van der Waals surface area contributed by atoms with Gasteiger partial charge in [0.2, 0.25) is 0 Å². The summed E-state index contributed by atoms with van der Waals surface area (Å²) in [6.07, 6.45) is 0. The molecule has 0 saturated carbocycles. The molecule has 0 fully saturated rings. The van der Waals surface area contributed by atoms with Crippen molar-refractivity contribution in [3.8, 4) is 5.75 Å². The first-order chi connectivity index (χ1) is 5.34. The van der Waals surface area contributed by atoms with Crippen LogP contribution in [0.15, 0.2) is 24.3 Å². The average Bonchev–Trinajstić information content (AvgIpc) is 2.03. The fraction of sp³-hybridized carbons (Fsp3) is 0.333. The van der Waals surface area contributed by atoms with Gasteiger partial charge in [0.15, 0.2) is 5.75 Å². The zero-order chi connectivity index (χ0) is 8.10. The predicted molar refractivity (Wildman–Crippen MR) is 43.4 cm³/mol. The van der Waals surface area contributed by atoms with Crippen LogP contribution in [0.25, 0.3) is 0 Å². The lowest BCUT2D eigenvalue weighted by Crippen LogP contribution is -1.96. The lowest BCUT2D eigenvalue weighted by molar-refractivity contribution is -0.202. The van der Waals surface area contributed by atoms with E-state index in [1.807, 2.05) is 38.1 Å². The van der Waals surface area contributed by atoms with Crippen LogP contribution in [-0.4, -0.2) is 6.61 Å². The van der Waals surface area contributed by atoms with Crippen LogP contribution < -0.4 is 4.89 Å². The molecule has 0 N–H and O–H groups in total. The van der Waals surface area contributed by atoms with Crippen LogP contribution in [0.4, 0.5) is 0 Å². The smallest absolute Gasteiger partial charge is 0.168 e. The van der Waals surface area contributed by atoms with Crippen LogP contribution in [0.5, 0.6) is 5.75 Å². The molecular formula is C9H12O2. The minimum Gasteiger partial charge on any atom is -0.337 e. The molecule has 11 heavy (non-hydrogen) atoms. The highest BCUT2D eigenvalue weighted by molar-refractivity contribution is 5.31. The van der Waals surface area contributed by atoms with Gasteiger partial charge in [0.25, 0.3) is 0 Å². The van der Waals surface area contributed by atoms with Crippen molar-refractivity contribution in [3.05, 3.63) is 29.8 Å². The van der Waals surface area contributed by atoms with E-state index >= 15 is 0 Å². The lowest BCUT2D eigenvalue weighted by Gasteiger charge is -2.04. The Balaban J connectivity index is 2.62. The lowest BCUT2D eigenvalue weighted by atomic mass is 10.2. The van der Waals surface area contributed by atoms with Crippen molar-refractivity contribution in [1.82, 2.24) is 0 Å². The van der Waals surface area contributed by atoms with Gasteiger partial charge in [0.1, 0.15) is 0 Å². The Morgan fingerprint density at radius 1 is 1.27 bits per heavy atom. The van der Waals surface area contributed by atoms with E-state index in [-0.39, 0.29) is 0 Å². The molecule has 2 heteroatoms. The highest BCUT2D eigenvalue weighted by atomic mass is 17.2. The van der Waals surface area contributed by atoms with Gasteiger partial charge in [0.05, 0.1) is 6.61 Å². The molecule has 0 aliphatic carbocycles. The molecule has 0 aliphatic rings. The molecule has 0 spiro atoms. The maximum atomic E-state index is 4.99. The highest BCUT2D eigenvalue weighted by Gasteiger charge is 1.96. The fourth-order valence-electron chi connectivity index (χ4n) is 0.772. The van der Waals surface area contributed by atoms with E-state index < -0.39 is 0 Å². The first kappa shape index (κ1) is 8.08. The molecule has 0 atom stereocenters. The van der Waals surface area contributed by atoms with E-state index in [2.05, 4.69) is 0 Å². The Bertz CT molecular complexity index is 221. The summed E-state index contributed by atoms with van der Waals surface area (Å²) in [5.74, 6) is 0.786. The topological polar surface area (TPSA) is 18.5 Å². The Hall–Kier alpha value is -1.02. The van der Waals surface area contributed by atoms with Crippen LogP contribution >= 0.6 is 0 Å². The molecule has 0 aromatic heterocycles. The third kappa shape index (κ3) is 2.24. The third-order valence-corrected chi connectivity index (χ3v) is 1.36. The van der Waals surface area contributed by atoms with Gasteiger partial charge in [-0.3, -0.25) is 0 Å². The second kappa shape index (κ2) is 3.98. The third-order valence-electron chi connectivity index (χ3n) is 1.36. The van der Waals surface area contributed by atoms with E-state index in [1.54, 1.807) is 0 Å². The largest absolute Gasteiger partial charge is 0.337 e. The van der Waals surface area contributed by atoms with Crippen LogP contribution in [0.1, 0.15) is 12.5 Å². The molecule has 0 aliphatic heterocycles. The quantitative estimate of drug-likeness (QED) is 0.489. The number of benzene rings is 1. The molecular weight excluding hydrogens is 140 g/mol. The van der Waals surface area contributed by atoms with Gasteiger partial charge in [0, 0.05) is 0 Å². The van der Waals surface area contributed by atoms with Crippen LogP contribution in [0.3, 0.4) is 0 Å². The van der Waals surface area contributed by atoms with Gasteiger partial charge in [-0.05, 0) is 25.5 Å². The first-order valence-electron chi connectivity index (χ1n) is 3.69. The number of rotatable bonds is 3. The van der Waals surface area contributed by atoms with E-state index in [4.69, 9.17) is 9.78 Å². The SMILES string of the molecule is CCOOc1ccccc1C. The molecule has 0 bridgehead atoms. The zero-order valence-electron chi connectivity index (χ0n) is 6.83. The molecule has 0 amide bonds. The Kier molecular flexibility index (Phi) is 2.93. The summed E-state index contributed by atoms with van der Waals surface area (Å²) in [6.45, 7) is 4.43. The van der Waals surface area contributed by atoms with E-state index in [1.165, 1.54) is 0 Å². The van der Waals surface area contributed by atoms with Crippen LogP contribution in [-0.2, 0) is 4.89 Å². The van der Waals surface area contributed by atoms with Gasteiger partial charge >= 0.3 is 0 Å². The maximum Gasteiger partial charge on any atom is 0.168 e. The second-order valence-electron chi connectivity index (χ2n) is 2.26. The molecule has 60 valence electrons. The zero-order valence-corrected chi connectivity index (χ0v) is 6.83. The summed E-state index contributed by atoms with van der Waals surface area (Å²) < 4.78 is 0. The molecule has 2 nitrogen and oxygen atoms in total. The molecule has 0 unspecified atom stereocenters. The Labute approximate surface area is 66.7 Å². The predicted octanol–water partition coefficient (Wildman–Crippen LogP) is 2.33. The number of hydrogen-bond donors (Lipinski definition) is 0. The second-order valence-corrected chi connectivity index (χ2v) is 2.26. The molecule has 1 aromatic rings. The van der Waals surface area contributed by atoms with Crippen molar-refractivity contribution >= 4 is 0 Å². The van der Waals surface area contributed by atoms with E-state index in [0.29, 0.717) is 6.61 Å². The van der Waals surface area contributed by atoms with Crippen molar-refractivity contribution in [1.29, 1.82) is 0 Å². The van der Waals surface area contributed by atoms with Crippen molar-refractivity contribution in [2.24, 2.45) is 0 Å². The fourth-order valence-corrected chi connectivity index (χ4v) is 0.772. The number of para-hydroxylation sites is 1. The van der Waals surface area contributed by atoms with Crippen molar-refractivity contribution in [2.45, 2.75) is 13.8 Å². The minimum atomic E-state index is 0.564. The van der Waals surface area contributed by atoms with E-state index in [9.17, 15) is 0 Å². The monoisotopic (exact) mass is 152 g/mol. The van der Waals surface area contributed by atoms with Gasteiger partial charge in [-0.15, -0.1) is 0 Å². The Morgan fingerprint density at radius 3 is 2.64 bits per heavy atom. The summed E-state index contributed by atoms with van der Waals surface area (Å²) in [7, 11) is 0. The van der Waals surface area contributed by atoms with Gasteiger partial charge < -0.3 is 4.89 Å². The van der Waals surface area contributed by atoms with Crippen molar-refractivity contribution in [2.75, 3.05) is 6.61 Å². The summed E-state index contributed by atoms with van der Waals surface area (Å²) in [6, 6.07) is 7.74. The molecule has 0 radical (unpaired) electrons. The van der Waals surface area contributed by atoms with E-state index in [0.717, 1.165) is 11.3 Å². The molecule has 0 saturated heterocycles. The van der Waals surface area contributed by atoms with Crippen LogP contribution in [0.2, 0.25) is 0 Å². The summed E-state index contributed by atoms with van der Waals surface area (Å²) in [5, 5.41) is 0. The molecule has 1 aromatic carbocycles. The summed E-state index contributed by atoms with van der Waals surface area (Å²) in [5.41, 5.74) is 1.08. The standard InChI is InChI=1S/C9H12O2/c1-3-10-11-9-7-5-4-6-8(9)2/h4-7H,3H2,1-2H3. The first-order valence-corrected chi connectivity index (χ1v) is 3.69. The number of hydrogen-bond acceptors (Lipinski definition) is 2. The molecule has 1 rings (SSSR count). The average molecular weight is 152 g/mol. The van der Waals surface area contributed by atoms with Gasteiger partial charge in [-0.2, -0.15) is 4.89 Å². The highest BCUT2D eigenvalue weighted by Crippen LogP contribution is 2.15. The van der Waals surface area contributed by atoms with Crippen molar-refractivity contribution < 1.29 is 9.78 Å². The van der Waals surface area contributed by atoms with Crippen LogP contribution in [0, 0.1) is 6.92 Å². The van der Waals surface area contributed by atoms with Gasteiger partial charge in [-0.25, -0.2) is 0 Å². The minimum absolute atomic E-state index is 0.564.